The summed E-state index contributed by atoms with van der Waals surface area (Å²) in [5.74, 6) is -1.13. The summed E-state index contributed by atoms with van der Waals surface area (Å²) in [6.45, 7) is 0.280. The topological polar surface area (TPSA) is 92.4 Å². The van der Waals surface area contributed by atoms with Crippen LogP contribution in [0, 0.1) is 0 Å². The van der Waals surface area contributed by atoms with Crippen LogP contribution in [0.4, 0.5) is 0 Å². The smallest absolute Gasteiger partial charge is 0.341 e. The average molecular weight is 375 g/mol. The first kappa shape index (κ1) is 17.7. The lowest BCUT2D eigenvalue weighted by Gasteiger charge is -2.13. The Morgan fingerprint density at radius 3 is 2.29 bits per heavy atom. The number of esters is 1. The van der Waals surface area contributed by atoms with Gasteiger partial charge < -0.3 is 4.74 Å². The molecule has 4 rings (SSSR count). The Hall–Kier alpha value is -3.74. The predicted octanol–water partition coefficient (Wildman–Crippen LogP) is 2.92. The third-order valence-corrected chi connectivity index (χ3v) is 4.56. The number of nitrogens with one attached hydrogen (secondary N) is 1. The highest BCUT2D eigenvalue weighted by molar-refractivity contribution is 6.21. The van der Waals surface area contributed by atoms with Crippen molar-refractivity contribution in [3.8, 4) is 11.3 Å². The summed E-state index contributed by atoms with van der Waals surface area (Å²) in [6, 6.07) is 16.1. The van der Waals surface area contributed by atoms with Gasteiger partial charge in [-0.2, -0.15) is 5.10 Å². The van der Waals surface area contributed by atoms with Gasteiger partial charge in [0.2, 0.25) is 0 Å². The number of H-pyrrole nitrogens is 1. The molecule has 0 saturated carbocycles. The fourth-order valence-electron chi connectivity index (χ4n) is 3.17. The summed E-state index contributed by atoms with van der Waals surface area (Å²) in [6.07, 6.45) is 1.78. The maximum Gasteiger partial charge on any atom is 0.341 e. The molecule has 0 saturated heterocycles. The molecule has 2 heterocycles. The third kappa shape index (κ3) is 3.18. The first-order valence-corrected chi connectivity index (χ1v) is 8.88. The van der Waals surface area contributed by atoms with E-state index in [2.05, 4.69) is 10.2 Å². The van der Waals surface area contributed by atoms with E-state index in [0.29, 0.717) is 28.8 Å². The van der Waals surface area contributed by atoms with E-state index in [4.69, 9.17) is 4.74 Å². The van der Waals surface area contributed by atoms with Gasteiger partial charge in [-0.15, -0.1) is 0 Å². The van der Waals surface area contributed by atoms with E-state index < -0.39 is 5.97 Å². The number of carbonyl (C=O) groups excluding carboxylic acids is 3. The number of nitrogens with zero attached hydrogens (tertiary/aromatic N) is 2. The first-order chi connectivity index (χ1) is 13.7. The highest BCUT2D eigenvalue weighted by atomic mass is 16.5. The van der Waals surface area contributed by atoms with Crippen LogP contribution in [0.3, 0.4) is 0 Å². The second-order valence-corrected chi connectivity index (χ2v) is 6.32. The molecule has 1 aromatic heterocycles. The zero-order valence-electron chi connectivity index (χ0n) is 14.9. The molecule has 2 aromatic carbocycles. The molecule has 0 fully saturated rings. The highest BCUT2D eigenvalue weighted by Gasteiger charge is 2.34. The van der Waals surface area contributed by atoms with Crippen LogP contribution in [-0.2, 0) is 4.74 Å². The molecule has 0 atom stereocenters. The molecule has 140 valence electrons. The van der Waals surface area contributed by atoms with Gasteiger partial charge in [0, 0.05) is 12.1 Å². The molecule has 2 amide bonds. The van der Waals surface area contributed by atoms with Crippen LogP contribution in [0.15, 0.2) is 60.8 Å². The molecular formula is C21H17N3O4. The molecule has 0 aliphatic carbocycles. The monoisotopic (exact) mass is 375 g/mol. The van der Waals surface area contributed by atoms with E-state index in [0.717, 1.165) is 5.56 Å². The van der Waals surface area contributed by atoms with Crippen molar-refractivity contribution in [2.24, 2.45) is 0 Å². The second-order valence-electron chi connectivity index (χ2n) is 6.32. The van der Waals surface area contributed by atoms with Gasteiger partial charge in [-0.3, -0.25) is 19.6 Å². The van der Waals surface area contributed by atoms with Crippen molar-refractivity contribution in [3.05, 3.63) is 77.5 Å². The van der Waals surface area contributed by atoms with Crippen LogP contribution in [0.2, 0.25) is 0 Å². The van der Waals surface area contributed by atoms with E-state index in [9.17, 15) is 14.4 Å². The SMILES string of the molecule is O=C(OCCCN1C(=O)c2ccccc2C1=O)c1cn[nH]c1-c1ccccc1. The maximum absolute atomic E-state index is 12.4. The van der Waals surface area contributed by atoms with Gasteiger partial charge in [-0.1, -0.05) is 42.5 Å². The lowest BCUT2D eigenvalue weighted by molar-refractivity contribution is 0.0483. The Balaban J connectivity index is 1.34. The molecule has 1 aliphatic rings. The van der Waals surface area contributed by atoms with Gasteiger partial charge >= 0.3 is 5.97 Å². The number of carbonyl (C=O) groups is 3. The Morgan fingerprint density at radius 2 is 1.61 bits per heavy atom. The van der Waals surface area contributed by atoms with E-state index >= 15 is 0 Å². The summed E-state index contributed by atoms with van der Waals surface area (Å²) >= 11 is 0. The quantitative estimate of drug-likeness (QED) is 0.406. The fraction of sp³-hybridized carbons (Fsp3) is 0.143. The summed E-state index contributed by atoms with van der Waals surface area (Å²) < 4.78 is 5.31. The van der Waals surface area contributed by atoms with Crippen molar-refractivity contribution < 1.29 is 19.1 Å². The molecule has 3 aromatic rings. The number of rotatable bonds is 6. The van der Waals surface area contributed by atoms with Crippen molar-refractivity contribution in [1.82, 2.24) is 15.1 Å². The van der Waals surface area contributed by atoms with Gasteiger partial charge in [-0.05, 0) is 18.6 Å². The molecule has 1 aliphatic heterocycles. The fourth-order valence-corrected chi connectivity index (χ4v) is 3.17. The summed E-state index contributed by atoms with van der Waals surface area (Å²) in [4.78, 5) is 38.2. The van der Waals surface area contributed by atoms with Crippen LogP contribution in [-0.4, -0.2) is 46.0 Å². The van der Waals surface area contributed by atoms with Crippen LogP contribution in [0.5, 0.6) is 0 Å². The molecule has 0 spiro atoms. The minimum Gasteiger partial charge on any atom is -0.462 e. The van der Waals surface area contributed by atoms with Crippen molar-refractivity contribution >= 4 is 17.8 Å². The third-order valence-electron chi connectivity index (χ3n) is 4.56. The number of aromatic nitrogens is 2. The van der Waals surface area contributed by atoms with Crippen LogP contribution < -0.4 is 0 Å². The van der Waals surface area contributed by atoms with Crippen LogP contribution in [0.25, 0.3) is 11.3 Å². The molecule has 7 nitrogen and oxygen atoms in total. The summed E-state index contributed by atoms with van der Waals surface area (Å²) in [5, 5.41) is 6.74. The lowest BCUT2D eigenvalue weighted by atomic mass is 10.1. The Labute approximate surface area is 160 Å². The molecule has 28 heavy (non-hydrogen) atoms. The zero-order chi connectivity index (χ0) is 19.5. The first-order valence-electron chi connectivity index (χ1n) is 8.88. The number of benzene rings is 2. The molecule has 1 N–H and O–H groups in total. The van der Waals surface area contributed by atoms with Gasteiger partial charge in [0.15, 0.2) is 0 Å². The van der Waals surface area contributed by atoms with Gasteiger partial charge in [0.05, 0.1) is 29.6 Å². The van der Waals surface area contributed by atoms with Gasteiger partial charge in [0.1, 0.15) is 5.56 Å². The average Bonchev–Trinajstić information content (AvgIpc) is 3.31. The zero-order valence-corrected chi connectivity index (χ0v) is 14.9. The van der Waals surface area contributed by atoms with Crippen LogP contribution in [0.1, 0.15) is 37.5 Å². The molecule has 0 bridgehead atoms. The van der Waals surface area contributed by atoms with E-state index in [1.165, 1.54) is 11.1 Å². The minimum atomic E-state index is -0.505. The van der Waals surface area contributed by atoms with Crippen molar-refractivity contribution in [2.75, 3.05) is 13.2 Å². The Kier molecular flexibility index (Phi) is 4.72. The molecule has 7 heteroatoms. The largest absolute Gasteiger partial charge is 0.462 e. The van der Waals surface area contributed by atoms with Gasteiger partial charge in [0.25, 0.3) is 11.8 Å². The Bertz CT molecular complexity index is 1010. The molecular weight excluding hydrogens is 358 g/mol. The van der Waals surface area contributed by atoms with Gasteiger partial charge in [-0.25, -0.2) is 4.79 Å². The number of hydrogen-bond acceptors (Lipinski definition) is 5. The number of amides is 2. The van der Waals surface area contributed by atoms with E-state index in [-0.39, 0.29) is 25.0 Å². The predicted molar refractivity (Wildman–Crippen MR) is 101 cm³/mol. The summed E-state index contributed by atoms with van der Waals surface area (Å²) in [5.41, 5.74) is 2.58. The lowest BCUT2D eigenvalue weighted by Crippen LogP contribution is -2.31. The van der Waals surface area contributed by atoms with Crippen LogP contribution >= 0.6 is 0 Å². The van der Waals surface area contributed by atoms with E-state index in [1.54, 1.807) is 24.3 Å². The summed E-state index contributed by atoms with van der Waals surface area (Å²) in [7, 11) is 0. The number of hydrogen-bond donors (Lipinski definition) is 1. The van der Waals surface area contributed by atoms with Crippen molar-refractivity contribution in [3.63, 3.8) is 0 Å². The highest BCUT2D eigenvalue weighted by Crippen LogP contribution is 2.23. The molecule has 0 radical (unpaired) electrons. The number of imide groups is 1. The normalized spacial score (nSPS) is 12.9. The standard InChI is InChI=1S/C21H17N3O4/c25-19-15-9-4-5-10-16(15)20(26)24(19)11-6-12-28-21(27)17-13-22-23-18(17)14-7-2-1-3-8-14/h1-5,7-10,13H,6,11-12H2,(H,22,23). The number of fused-ring (bicyclic) bond motifs is 1. The van der Waals surface area contributed by atoms with Crippen molar-refractivity contribution in [1.29, 1.82) is 0 Å². The Morgan fingerprint density at radius 1 is 0.964 bits per heavy atom. The molecule has 0 unspecified atom stereocenters. The maximum atomic E-state index is 12.4. The number of ether oxygens (including phenoxy) is 1. The number of aromatic amines is 1. The van der Waals surface area contributed by atoms with Crippen molar-refractivity contribution in [2.45, 2.75) is 6.42 Å². The van der Waals surface area contributed by atoms with E-state index in [1.807, 2.05) is 30.3 Å². The minimum absolute atomic E-state index is 0.0889. The second kappa shape index (κ2) is 7.48.